The third kappa shape index (κ3) is 1.81. The summed E-state index contributed by atoms with van der Waals surface area (Å²) in [7, 11) is 0. The van der Waals surface area contributed by atoms with Gasteiger partial charge in [0.25, 0.3) is 5.56 Å². The number of nitrogens with one attached hydrogen (secondary N) is 1. The molecule has 2 aromatic heterocycles. The summed E-state index contributed by atoms with van der Waals surface area (Å²) in [6.45, 7) is 3.84. The molecule has 0 fully saturated rings. The largest absolute Gasteiger partial charge is 0.294 e. The Morgan fingerprint density at radius 3 is 2.73 bits per heavy atom. The summed E-state index contributed by atoms with van der Waals surface area (Å²) < 4.78 is 1.39. The molecule has 0 amide bonds. The molecule has 0 aliphatic rings. The average Bonchev–Trinajstić information content (AvgIpc) is 2.61. The monoisotopic (exact) mass is 204 g/mol. The zero-order valence-corrected chi connectivity index (χ0v) is 8.69. The van der Waals surface area contributed by atoms with E-state index in [0.29, 0.717) is 5.82 Å². The second-order valence-corrected chi connectivity index (χ2v) is 3.34. The highest BCUT2D eigenvalue weighted by molar-refractivity contribution is 5.21. The number of hydrogen-bond acceptors (Lipinski definition) is 3. The van der Waals surface area contributed by atoms with Gasteiger partial charge < -0.3 is 0 Å². The average molecular weight is 204 g/mol. The molecule has 5 heteroatoms. The maximum atomic E-state index is 11.5. The number of nitrogens with zero attached hydrogens (tertiary/aromatic N) is 3. The molecule has 0 saturated heterocycles. The van der Waals surface area contributed by atoms with E-state index in [1.807, 2.05) is 19.9 Å². The molecule has 0 bridgehead atoms. The van der Waals surface area contributed by atoms with Gasteiger partial charge in [0, 0.05) is 11.8 Å². The van der Waals surface area contributed by atoms with Crippen molar-refractivity contribution in [3.8, 4) is 5.82 Å². The van der Waals surface area contributed by atoms with E-state index in [1.54, 1.807) is 12.1 Å². The Morgan fingerprint density at radius 2 is 2.20 bits per heavy atom. The summed E-state index contributed by atoms with van der Waals surface area (Å²) in [6, 6.07) is 5.16. The summed E-state index contributed by atoms with van der Waals surface area (Å²) in [4.78, 5) is 11.5. The van der Waals surface area contributed by atoms with Gasteiger partial charge in [-0.15, -0.1) is 5.10 Å². The zero-order valence-electron chi connectivity index (χ0n) is 8.69. The predicted octanol–water partition coefficient (Wildman–Crippen LogP) is 0.826. The smallest absolute Gasteiger partial charge is 0.272 e. The van der Waals surface area contributed by atoms with Crippen molar-refractivity contribution in [3.63, 3.8) is 0 Å². The fraction of sp³-hybridized carbons (Fsp3) is 0.300. The van der Waals surface area contributed by atoms with Crippen molar-refractivity contribution >= 4 is 0 Å². The van der Waals surface area contributed by atoms with Crippen molar-refractivity contribution in [1.82, 2.24) is 20.0 Å². The van der Waals surface area contributed by atoms with Crippen molar-refractivity contribution in [2.45, 2.75) is 20.3 Å². The molecule has 2 rings (SSSR count). The van der Waals surface area contributed by atoms with Crippen molar-refractivity contribution < 1.29 is 0 Å². The van der Waals surface area contributed by atoms with Gasteiger partial charge in [-0.3, -0.25) is 9.89 Å². The topological polar surface area (TPSA) is 63.6 Å². The van der Waals surface area contributed by atoms with E-state index in [9.17, 15) is 4.79 Å². The Morgan fingerprint density at radius 1 is 1.40 bits per heavy atom. The molecule has 0 radical (unpaired) electrons. The lowest BCUT2D eigenvalue weighted by Gasteiger charge is -1.99. The van der Waals surface area contributed by atoms with E-state index in [1.165, 1.54) is 4.68 Å². The van der Waals surface area contributed by atoms with Crippen LogP contribution in [0.1, 0.15) is 18.3 Å². The number of aromatic amines is 1. The van der Waals surface area contributed by atoms with E-state index in [4.69, 9.17) is 0 Å². The van der Waals surface area contributed by atoms with Crippen LogP contribution >= 0.6 is 0 Å². The van der Waals surface area contributed by atoms with E-state index >= 15 is 0 Å². The molecule has 0 aliphatic heterocycles. The highest BCUT2D eigenvalue weighted by atomic mass is 16.1. The summed E-state index contributed by atoms with van der Waals surface area (Å²) in [5.74, 6) is 0.519. The van der Waals surface area contributed by atoms with Crippen molar-refractivity contribution in [2.75, 3.05) is 0 Å². The molecule has 0 aromatic carbocycles. The Labute approximate surface area is 86.8 Å². The molecular formula is C10H12N4O. The summed E-state index contributed by atoms with van der Waals surface area (Å²) in [5.41, 5.74) is 1.61. The Kier molecular flexibility index (Phi) is 2.37. The summed E-state index contributed by atoms with van der Waals surface area (Å²) in [5, 5.41) is 10.8. The van der Waals surface area contributed by atoms with Gasteiger partial charge >= 0.3 is 0 Å². The first-order chi connectivity index (χ1) is 7.20. The van der Waals surface area contributed by atoms with Crippen LogP contribution in [0.4, 0.5) is 0 Å². The molecule has 0 spiro atoms. The molecule has 0 saturated carbocycles. The SMILES string of the molecule is CCc1cc(=O)n(-c2ccc(C)nn2)[nH]1. The van der Waals surface area contributed by atoms with Crippen LogP contribution in [0.15, 0.2) is 23.0 Å². The van der Waals surface area contributed by atoms with Crippen LogP contribution in [0.3, 0.4) is 0 Å². The minimum Gasteiger partial charge on any atom is -0.294 e. The van der Waals surface area contributed by atoms with Gasteiger partial charge in [-0.25, -0.2) is 0 Å². The second kappa shape index (κ2) is 3.68. The van der Waals surface area contributed by atoms with Gasteiger partial charge in [-0.2, -0.15) is 9.78 Å². The lowest BCUT2D eigenvalue weighted by molar-refractivity contribution is 0.767. The minimum absolute atomic E-state index is 0.106. The zero-order chi connectivity index (χ0) is 10.8. The molecule has 0 atom stereocenters. The van der Waals surface area contributed by atoms with E-state index in [2.05, 4.69) is 15.3 Å². The molecule has 0 aliphatic carbocycles. The molecule has 15 heavy (non-hydrogen) atoms. The predicted molar refractivity (Wildman–Crippen MR) is 56.1 cm³/mol. The molecule has 5 nitrogen and oxygen atoms in total. The highest BCUT2D eigenvalue weighted by Crippen LogP contribution is 2.00. The lowest BCUT2D eigenvalue weighted by Crippen LogP contribution is -2.15. The first-order valence-electron chi connectivity index (χ1n) is 4.82. The van der Waals surface area contributed by atoms with Crippen LogP contribution in [0.5, 0.6) is 0 Å². The quantitative estimate of drug-likeness (QED) is 0.787. The number of aryl methyl sites for hydroxylation is 2. The number of aromatic nitrogens is 4. The van der Waals surface area contributed by atoms with E-state index in [0.717, 1.165) is 17.8 Å². The Bertz CT molecular complexity index is 509. The maximum Gasteiger partial charge on any atom is 0.272 e. The van der Waals surface area contributed by atoms with Gasteiger partial charge in [0.05, 0.1) is 5.69 Å². The van der Waals surface area contributed by atoms with Crippen molar-refractivity contribution in [3.05, 3.63) is 39.9 Å². The second-order valence-electron chi connectivity index (χ2n) is 3.34. The lowest BCUT2D eigenvalue weighted by atomic mass is 10.3. The van der Waals surface area contributed by atoms with Crippen LogP contribution in [0.25, 0.3) is 5.82 Å². The molecule has 78 valence electrons. The molecule has 2 aromatic rings. The van der Waals surface area contributed by atoms with Crippen LogP contribution in [-0.4, -0.2) is 20.0 Å². The fourth-order valence-corrected chi connectivity index (χ4v) is 1.31. The van der Waals surface area contributed by atoms with Gasteiger partial charge in [0.15, 0.2) is 5.82 Å². The van der Waals surface area contributed by atoms with Crippen molar-refractivity contribution in [1.29, 1.82) is 0 Å². The Hall–Kier alpha value is -1.91. The van der Waals surface area contributed by atoms with Gasteiger partial charge in [0.2, 0.25) is 0 Å². The third-order valence-electron chi connectivity index (χ3n) is 2.17. The normalized spacial score (nSPS) is 10.5. The van der Waals surface area contributed by atoms with E-state index in [-0.39, 0.29) is 5.56 Å². The summed E-state index contributed by atoms with van der Waals surface area (Å²) >= 11 is 0. The van der Waals surface area contributed by atoms with E-state index < -0.39 is 0 Å². The van der Waals surface area contributed by atoms with Crippen molar-refractivity contribution in [2.24, 2.45) is 0 Å². The van der Waals surface area contributed by atoms with Gasteiger partial charge in [0.1, 0.15) is 0 Å². The summed E-state index contributed by atoms with van der Waals surface area (Å²) in [6.07, 6.45) is 0.793. The van der Waals surface area contributed by atoms with Gasteiger partial charge in [-0.05, 0) is 25.5 Å². The molecule has 2 heterocycles. The first kappa shape index (κ1) is 9.64. The van der Waals surface area contributed by atoms with Gasteiger partial charge in [-0.1, -0.05) is 6.92 Å². The van der Waals surface area contributed by atoms with Crippen LogP contribution in [-0.2, 0) is 6.42 Å². The maximum absolute atomic E-state index is 11.5. The first-order valence-corrected chi connectivity index (χ1v) is 4.82. The molecule has 0 unspecified atom stereocenters. The standard InChI is InChI=1S/C10H12N4O/c1-3-8-6-10(15)14(13-8)9-5-4-7(2)11-12-9/h4-6,13H,3H2,1-2H3. The van der Waals surface area contributed by atoms with Crippen LogP contribution in [0, 0.1) is 6.92 Å². The number of hydrogen-bond donors (Lipinski definition) is 1. The molecule has 1 N–H and O–H groups in total. The van der Waals surface area contributed by atoms with Crippen LogP contribution < -0.4 is 5.56 Å². The number of H-pyrrole nitrogens is 1. The number of rotatable bonds is 2. The Balaban J connectivity index is 2.49. The fourth-order valence-electron chi connectivity index (χ4n) is 1.31. The molecular weight excluding hydrogens is 192 g/mol. The highest BCUT2D eigenvalue weighted by Gasteiger charge is 2.04. The minimum atomic E-state index is -0.106. The third-order valence-corrected chi connectivity index (χ3v) is 2.17. The van der Waals surface area contributed by atoms with Crippen LogP contribution in [0.2, 0.25) is 0 Å².